The van der Waals surface area contributed by atoms with Gasteiger partial charge in [0.15, 0.2) is 0 Å². The van der Waals surface area contributed by atoms with Crippen LogP contribution in [0.3, 0.4) is 0 Å². The fourth-order valence-corrected chi connectivity index (χ4v) is 2.67. The van der Waals surface area contributed by atoms with Crippen LogP contribution in [0.25, 0.3) is 0 Å². The van der Waals surface area contributed by atoms with Crippen LogP contribution in [0.15, 0.2) is 24.8 Å². The Bertz CT molecular complexity index is 600. The molecule has 1 saturated heterocycles. The molecule has 6 nitrogen and oxygen atoms in total. The van der Waals surface area contributed by atoms with E-state index in [1.165, 1.54) is 0 Å². The second-order valence-electron chi connectivity index (χ2n) is 5.01. The summed E-state index contributed by atoms with van der Waals surface area (Å²) in [7, 11) is 3.71. The lowest BCUT2D eigenvalue weighted by atomic mass is 10.1. The molecule has 1 atom stereocenters. The number of hydrogen-bond acceptors (Lipinski definition) is 3. The molecule has 1 amide bonds. The first-order valence-electron chi connectivity index (χ1n) is 6.43. The quantitative estimate of drug-likeness (QED) is 0.812. The van der Waals surface area contributed by atoms with Crippen molar-refractivity contribution in [2.24, 2.45) is 14.1 Å². The van der Waals surface area contributed by atoms with Gasteiger partial charge in [0.25, 0.3) is 5.91 Å². The van der Waals surface area contributed by atoms with Gasteiger partial charge in [0.05, 0.1) is 24.0 Å². The molecule has 1 aliphatic heterocycles. The van der Waals surface area contributed by atoms with E-state index in [1.54, 1.807) is 21.8 Å². The lowest BCUT2D eigenvalue weighted by molar-refractivity contribution is 0.0735. The van der Waals surface area contributed by atoms with Crippen molar-refractivity contribution in [1.82, 2.24) is 24.5 Å². The summed E-state index contributed by atoms with van der Waals surface area (Å²) < 4.78 is 3.43. The van der Waals surface area contributed by atoms with E-state index < -0.39 is 0 Å². The number of likely N-dealkylation sites (tertiary alicyclic amines) is 1. The molecule has 6 heteroatoms. The van der Waals surface area contributed by atoms with E-state index in [0.29, 0.717) is 5.56 Å². The topological polar surface area (TPSA) is 56.0 Å². The standard InChI is InChI=1S/C13H17N5O/c1-16-8-10(6-14-16)12-4-3-5-18(12)13(19)11-7-15-17(2)9-11/h6-9,12H,3-5H2,1-2H3. The summed E-state index contributed by atoms with van der Waals surface area (Å²) in [5, 5.41) is 8.26. The number of aromatic nitrogens is 4. The van der Waals surface area contributed by atoms with Gasteiger partial charge in [-0.15, -0.1) is 0 Å². The minimum absolute atomic E-state index is 0.0550. The van der Waals surface area contributed by atoms with Gasteiger partial charge in [-0.25, -0.2) is 0 Å². The van der Waals surface area contributed by atoms with Gasteiger partial charge >= 0.3 is 0 Å². The lowest BCUT2D eigenvalue weighted by Gasteiger charge is -2.23. The van der Waals surface area contributed by atoms with Gasteiger partial charge < -0.3 is 4.90 Å². The Morgan fingerprint density at radius 1 is 1.21 bits per heavy atom. The van der Waals surface area contributed by atoms with Gasteiger partial charge in [-0.05, 0) is 12.8 Å². The zero-order valence-corrected chi connectivity index (χ0v) is 11.2. The summed E-state index contributed by atoms with van der Waals surface area (Å²) >= 11 is 0. The number of hydrogen-bond donors (Lipinski definition) is 0. The van der Waals surface area contributed by atoms with Crippen molar-refractivity contribution in [2.45, 2.75) is 18.9 Å². The van der Waals surface area contributed by atoms with Crippen LogP contribution < -0.4 is 0 Å². The van der Waals surface area contributed by atoms with Crippen molar-refractivity contribution < 1.29 is 4.79 Å². The highest BCUT2D eigenvalue weighted by atomic mass is 16.2. The molecule has 2 aromatic heterocycles. The van der Waals surface area contributed by atoms with Gasteiger partial charge in [-0.3, -0.25) is 14.2 Å². The molecule has 1 aliphatic rings. The van der Waals surface area contributed by atoms with E-state index >= 15 is 0 Å². The van der Waals surface area contributed by atoms with Crippen LogP contribution in [0.4, 0.5) is 0 Å². The highest BCUT2D eigenvalue weighted by Gasteiger charge is 2.31. The van der Waals surface area contributed by atoms with Crippen LogP contribution in [0, 0.1) is 0 Å². The third-order valence-electron chi connectivity index (χ3n) is 3.58. The molecule has 0 aromatic carbocycles. The predicted octanol–water partition coefficient (Wildman–Crippen LogP) is 1.13. The Kier molecular flexibility index (Phi) is 2.85. The molecule has 0 N–H and O–H groups in total. The van der Waals surface area contributed by atoms with Crippen LogP contribution in [0.2, 0.25) is 0 Å². The lowest BCUT2D eigenvalue weighted by Crippen LogP contribution is -2.30. The number of carbonyl (C=O) groups excluding carboxylic acids is 1. The molecular weight excluding hydrogens is 242 g/mol. The first kappa shape index (κ1) is 12.0. The molecule has 100 valence electrons. The van der Waals surface area contributed by atoms with Crippen molar-refractivity contribution in [3.8, 4) is 0 Å². The molecule has 19 heavy (non-hydrogen) atoms. The molecule has 3 heterocycles. The fourth-order valence-electron chi connectivity index (χ4n) is 2.67. The summed E-state index contributed by atoms with van der Waals surface area (Å²) in [5.74, 6) is 0.0550. The zero-order chi connectivity index (χ0) is 13.4. The molecule has 0 aliphatic carbocycles. The third kappa shape index (κ3) is 2.14. The zero-order valence-electron chi connectivity index (χ0n) is 11.2. The maximum absolute atomic E-state index is 12.5. The fraction of sp³-hybridized carbons (Fsp3) is 0.462. The van der Waals surface area contributed by atoms with E-state index in [9.17, 15) is 4.79 Å². The molecule has 0 bridgehead atoms. The third-order valence-corrected chi connectivity index (χ3v) is 3.58. The molecule has 1 fully saturated rings. The Morgan fingerprint density at radius 2 is 1.95 bits per heavy atom. The van der Waals surface area contributed by atoms with Crippen molar-refractivity contribution in [2.75, 3.05) is 6.54 Å². The van der Waals surface area contributed by atoms with Crippen molar-refractivity contribution >= 4 is 5.91 Å². The first-order chi connectivity index (χ1) is 9.15. The van der Waals surface area contributed by atoms with Gasteiger partial charge in [-0.2, -0.15) is 10.2 Å². The van der Waals surface area contributed by atoms with Gasteiger partial charge in [-0.1, -0.05) is 0 Å². The second-order valence-corrected chi connectivity index (χ2v) is 5.01. The summed E-state index contributed by atoms with van der Waals surface area (Å²) in [6.07, 6.45) is 9.25. The number of rotatable bonds is 2. The second kappa shape index (κ2) is 4.53. The van der Waals surface area contributed by atoms with Crippen molar-refractivity contribution in [1.29, 1.82) is 0 Å². The number of amides is 1. The van der Waals surface area contributed by atoms with Crippen molar-refractivity contribution in [3.05, 3.63) is 35.9 Å². The molecular formula is C13H17N5O. The van der Waals surface area contributed by atoms with Crippen LogP contribution in [0.5, 0.6) is 0 Å². The monoisotopic (exact) mass is 259 g/mol. The maximum Gasteiger partial charge on any atom is 0.257 e. The average Bonchev–Trinajstić information content (AvgIpc) is 3.07. The minimum Gasteiger partial charge on any atom is -0.331 e. The van der Waals surface area contributed by atoms with Crippen LogP contribution in [-0.2, 0) is 14.1 Å². The van der Waals surface area contributed by atoms with Gasteiger partial charge in [0.2, 0.25) is 0 Å². The summed E-state index contributed by atoms with van der Waals surface area (Å²) in [6, 6.07) is 0.140. The first-order valence-corrected chi connectivity index (χ1v) is 6.43. The Morgan fingerprint density at radius 3 is 2.58 bits per heavy atom. The SMILES string of the molecule is Cn1cc(C(=O)N2CCCC2c2cnn(C)c2)cn1. The van der Waals surface area contributed by atoms with E-state index in [1.807, 2.05) is 31.4 Å². The average molecular weight is 259 g/mol. The highest BCUT2D eigenvalue weighted by Crippen LogP contribution is 2.32. The largest absolute Gasteiger partial charge is 0.331 e. The number of nitrogens with zero attached hydrogens (tertiary/aromatic N) is 5. The molecule has 0 saturated carbocycles. The maximum atomic E-state index is 12.5. The van der Waals surface area contributed by atoms with E-state index in [-0.39, 0.29) is 11.9 Å². The highest BCUT2D eigenvalue weighted by molar-refractivity contribution is 5.94. The smallest absolute Gasteiger partial charge is 0.257 e. The number of aryl methyl sites for hydroxylation is 2. The predicted molar refractivity (Wildman–Crippen MR) is 69.4 cm³/mol. The normalized spacial score (nSPS) is 19.1. The van der Waals surface area contributed by atoms with Gasteiger partial charge in [0, 0.05) is 38.6 Å². The van der Waals surface area contributed by atoms with Gasteiger partial charge in [0.1, 0.15) is 0 Å². The molecule has 2 aromatic rings. The van der Waals surface area contributed by atoms with Crippen LogP contribution in [0.1, 0.15) is 34.8 Å². The van der Waals surface area contributed by atoms with Crippen LogP contribution in [-0.4, -0.2) is 36.9 Å². The molecule has 3 rings (SSSR count). The molecule has 0 radical (unpaired) electrons. The Hall–Kier alpha value is -2.11. The van der Waals surface area contributed by atoms with E-state index in [4.69, 9.17) is 0 Å². The minimum atomic E-state index is 0.0550. The number of carbonyl (C=O) groups is 1. The Balaban J connectivity index is 1.85. The van der Waals surface area contributed by atoms with E-state index in [2.05, 4.69) is 10.2 Å². The van der Waals surface area contributed by atoms with Crippen molar-refractivity contribution in [3.63, 3.8) is 0 Å². The Labute approximate surface area is 111 Å². The summed E-state index contributed by atoms with van der Waals surface area (Å²) in [5.41, 5.74) is 1.76. The van der Waals surface area contributed by atoms with Crippen LogP contribution >= 0.6 is 0 Å². The summed E-state index contributed by atoms with van der Waals surface area (Å²) in [4.78, 5) is 14.4. The molecule has 0 spiro atoms. The molecule has 1 unspecified atom stereocenters. The van der Waals surface area contributed by atoms with E-state index in [0.717, 1.165) is 24.9 Å². The summed E-state index contributed by atoms with van der Waals surface area (Å²) in [6.45, 7) is 0.799.